The number of nitrogens with two attached hydrogens (primary N) is 1. The second-order valence-electron chi connectivity index (χ2n) is 8.96. The van der Waals surface area contributed by atoms with Crippen LogP contribution in [0.3, 0.4) is 0 Å². The summed E-state index contributed by atoms with van der Waals surface area (Å²) in [6, 6.07) is 17.7. The van der Waals surface area contributed by atoms with Gasteiger partial charge in [-0.1, -0.05) is 36.4 Å². The minimum atomic E-state index is -4.86. The number of hydrogen-bond acceptors (Lipinski definition) is 5. The summed E-state index contributed by atoms with van der Waals surface area (Å²) in [7, 11) is 1.48. The topological polar surface area (TPSA) is 99.7 Å². The van der Waals surface area contributed by atoms with Gasteiger partial charge in [0, 0.05) is 5.56 Å². The number of carbonyl (C=O) groups is 2. The van der Waals surface area contributed by atoms with Crippen LogP contribution in [0.4, 0.5) is 23.7 Å². The number of ether oxygens (including phenoxy) is 1. The van der Waals surface area contributed by atoms with Crippen molar-refractivity contribution in [3.63, 3.8) is 0 Å². The van der Waals surface area contributed by atoms with E-state index in [2.05, 4.69) is 0 Å². The number of methoxy groups -OCH3 is 1. The van der Waals surface area contributed by atoms with Crippen molar-refractivity contribution in [1.82, 2.24) is 4.90 Å². The molecule has 4 rings (SSSR count). The molecule has 7 nitrogen and oxygen atoms in total. The number of rotatable bonds is 5. The van der Waals surface area contributed by atoms with E-state index in [-0.39, 0.29) is 5.69 Å². The molecule has 10 heteroatoms. The molecule has 0 aromatic heterocycles. The Labute approximate surface area is 211 Å². The lowest BCUT2D eigenvalue weighted by Crippen LogP contribution is -2.49. The predicted octanol–water partition coefficient (Wildman–Crippen LogP) is 5.46. The monoisotopic (exact) mass is 508 g/mol. The SMILES string of the molecule is COc1ccc(-c2ccccc2)c(C(N)N2C(=O)N(c3ccc(C#N)c(C(F)(F)F)c3)C(=O)C2(C)C)c1. The van der Waals surface area contributed by atoms with Crippen LogP contribution in [0, 0.1) is 11.3 Å². The summed E-state index contributed by atoms with van der Waals surface area (Å²) >= 11 is 0. The number of alkyl halides is 3. The maximum atomic E-state index is 13.6. The highest BCUT2D eigenvalue weighted by atomic mass is 19.4. The molecular weight excluding hydrogens is 485 g/mol. The van der Waals surface area contributed by atoms with E-state index in [1.807, 2.05) is 30.3 Å². The number of carbonyl (C=O) groups excluding carboxylic acids is 2. The summed E-state index contributed by atoms with van der Waals surface area (Å²) in [4.78, 5) is 28.9. The maximum absolute atomic E-state index is 13.6. The second kappa shape index (κ2) is 9.26. The van der Waals surface area contributed by atoms with Crippen LogP contribution in [0.5, 0.6) is 5.75 Å². The van der Waals surface area contributed by atoms with Gasteiger partial charge in [0.05, 0.1) is 30.0 Å². The second-order valence-corrected chi connectivity index (χ2v) is 8.96. The van der Waals surface area contributed by atoms with Gasteiger partial charge in [0.15, 0.2) is 0 Å². The number of anilines is 1. The van der Waals surface area contributed by atoms with Gasteiger partial charge in [0.25, 0.3) is 5.91 Å². The van der Waals surface area contributed by atoms with Crippen molar-refractivity contribution in [2.24, 2.45) is 5.73 Å². The Balaban J connectivity index is 1.82. The van der Waals surface area contributed by atoms with Gasteiger partial charge in [0.2, 0.25) is 0 Å². The van der Waals surface area contributed by atoms with Gasteiger partial charge in [-0.25, -0.2) is 9.69 Å². The first-order chi connectivity index (χ1) is 17.4. The van der Waals surface area contributed by atoms with Gasteiger partial charge in [-0.05, 0) is 55.3 Å². The van der Waals surface area contributed by atoms with Gasteiger partial charge in [0.1, 0.15) is 17.5 Å². The standard InChI is InChI=1S/C27H23F3N4O3/c1-26(2)24(35)33(18-10-9-17(15-31)22(13-18)27(28,29)30)25(36)34(26)23(32)21-14-19(37-3)11-12-20(21)16-7-5-4-6-8-16/h4-14,23H,32H2,1-3H3. The van der Waals surface area contributed by atoms with Crippen LogP contribution in [-0.4, -0.2) is 29.5 Å². The molecule has 1 fully saturated rings. The molecule has 2 N–H and O–H groups in total. The fourth-order valence-electron chi connectivity index (χ4n) is 4.44. The van der Waals surface area contributed by atoms with Crippen molar-refractivity contribution in [2.45, 2.75) is 31.7 Å². The lowest BCUT2D eigenvalue weighted by atomic mass is 9.95. The van der Waals surface area contributed by atoms with E-state index in [0.29, 0.717) is 27.8 Å². The molecule has 1 unspecified atom stereocenters. The maximum Gasteiger partial charge on any atom is 0.417 e. The fourth-order valence-corrected chi connectivity index (χ4v) is 4.44. The number of benzene rings is 3. The number of imide groups is 1. The molecule has 0 spiro atoms. The Hall–Kier alpha value is -4.36. The molecule has 1 aliphatic heterocycles. The first-order valence-corrected chi connectivity index (χ1v) is 11.2. The van der Waals surface area contributed by atoms with Gasteiger partial charge in [-0.15, -0.1) is 0 Å². The Morgan fingerprint density at radius 2 is 1.70 bits per heavy atom. The van der Waals surface area contributed by atoms with Gasteiger partial charge in [-0.2, -0.15) is 18.4 Å². The zero-order chi connectivity index (χ0) is 27.1. The molecular formula is C27H23F3N4O3. The van der Waals surface area contributed by atoms with Crippen LogP contribution >= 0.6 is 0 Å². The highest BCUT2D eigenvalue weighted by molar-refractivity contribution is 6.23. The molecule has 1 saturated heterocycles. The minimum absolute atomic E-state index is 0.307. The molecule has 3 aromatic carbocycles. The number of hydrogen-bond donors (Lipinski definition) is 1. The summed E-state index contributed by atoms with van der Waals surface area (Å²) in [5, 5.41) is 9.10. The van der Waals surface area contributed by atoms with Crippen LogP contribution < -0.4 is 15.4 Å². The lowest BCUT2D eigenvalue weighted by molar-refractivity contribution is -0.137. The number of urea groups is 1. The predicted molar refractivity (Wildman–Crippen MR) is 130 cm³/mol. The van der Waals surface area contributed by atoms with Gasteiger partial charge in [-0.3, -0.25) is 9.69 Å². The third-order valence-electron chi connectivity index (χ3n) is 6.35. The molecule has 1 heterocycles. The van der Waals surface area contributed by atoms with E-state index in [1.165, 1.54) is 27.0 Å². The number of amides is 3. The summed E-state index contributed by atoms with van der Waals surface area (Å²) < 4.78 is 46.1. The summed E-state index contributed by atoms with van der Waals surface area (Å²) in [6.45, 7) is 2.95. The fraction of sp³-hybridized carbons (Fsp3) is 0.222. The molecule has 1 atom stereocenters. The molecule has 0 bridgehead atoms. The molecule has 0 saturated carbocycles. The molecule has 3 aromatic rings. The van der Waals surface area contributed by atoms with Crippen LogP contribution in [0.1, 0.15) is 36.7 Å². The van der Waals surface area contributed by atoms with Crippen molar-refractivity contribution >= 4 is 17.6 Å². The minimum Gasteiger partial charge on any atom is -0.497 e. The number of halogens is 3. The first kappa shape index (κ1) is 25.7. The van der Waals surface area contributed by atoms with Gasteiger partial charge < -0.3 is 10.5 Å². The van der Waals surface area contributed by atoms with E-state index in [9.17, 15) is 22.8 Å². The van der Waals surface area contributed by atoms with Gasteiger partial charge >= 0.3 is 12.2 Å². The average molecular weight is 509 g/mol. The summed E-state index contributed by atoms with van der Waals surface area (Å²) in [5.41, 5.74) is 4.94. The largest absolute Gasteiger partial charge is 0.497 e. The number of nitriles is 1. The molecule has 37 heavy (non-hydrogen) atoms. The smallest absolute Gasteiger partial charge is 0.417 e. The quantitative estimate of drug-likeness (QED) is 0.462. The third kappa shape index (κ3) is 4.38. The van der Waals surface area contributed by atoms with E-state index in [1.54, 1.807) is 18.2 Å². The van der Waals surface area contributed by atoms with Crippen LogP contribution in [0.15, 0.2) is 66.7 Å². The Morgan fingerprint density at radius 3 is 2.30 bits per heavy atom. The molecule has 3 amide bonds. The van der Waals surface area contributed by atoms with Crippen molar-refractivity contribution in [3.8, 4) is 22.9 Å². The molecule has 0 radical (unpaired) electrons. The Kier molecular flexibility index (Phi) is 6.44. The van der Waals surface area contributed by atoms with Crippen molar-refractivity contribution in [2.75, 3.05) is 12.0 Å². The van der Waals surface area contributed by atoms with E-state index in [0.717, 1.165) is 22.6 Å². The highest BCUT2D eigenvalue weighted by Crippen LogP contribution is 2.41. The highest BCUT2D eigenvalue weighted by Gasteiger charge is 2.54. The zero-order valence-corrected chi connectivity index (χ0v) is 20.2. The molecule has 190 valence electrons. The van der Waals surface area contributed by atoms with E-state index < -0.39 is 40.9 Å². The van der Waals surface area contributed by atoms with Crippen molar-refractivity contribution < 1.29 is 27.5 Å². The summed E-state index contributed by atoms with van der Waals surface area (Å²) in [6.07, 6.45) is -6.01. The zero-order valence-electron chi connectivity index (χ0n) is 20.2. The Bertz CT molecular complexity index is 1410. The normalized spacial score (nSPS) is 16.1. The van der Waals surface area contributed by atoms with E-state index in [4.69, 9.17) is 15.7 Å². The van der Waals surface area contributed by atoms with E-state index >= 15 is 0 Å². The third-order valence-corrected chi connectivity index (χ3v) is 6.35. The van der Waals surface area contributed by atoms with Crippen molar-refractivity contribution in [1.29, 1.82) is 5.26 Å². The molecule has 1 aliphatic rings. The summed E-state index contributed by atoms with van der Waals surface area (Å²) in [5.74, 6) is -0.283. The lowest BCUT2D eigenvalue weighted by Gasteiger charge is -2.34. The Morgan fingerprint density at radius 1 is 1.03 bits per heavy atom. The van der Waals surface area contributed by atoms with Crippen molar-refractivity contribution in [3.05, 3.63) is 83.4 Å². The van der Waals surface area contributed by atoms with Crippen LogP contribution in [0.25, 0.3) is 11.1 Å². The first-order valence-electron chi connectivity index (χ1n) is 11.2. The molecule has 0 aliphatic carbocycles. The van der Waals surface area contributed by atoms with Crippen LogP contribution in [-0.2, 0) is 11.0 Å². The number of nitrogens with zero attached hydrogens (tertiary/aromatic N) is 3. The average Bonchev–Trinajstić information content (AvgIpc) is 3.05. The van der Waals surface area contributed by atoms with Crippen LogP contribution in [0.2, 0.25) is 0 Å².